The predicted octanol–water partition coefficient (Wildman–Crippen LogP) is 2.78. The van der Waals surface area contributed by atoms with Gasteiger partial charge in [-0.2, -0.15) is 0 Å². The van der Waals surface area contributed by atoms with E-state index >= 15 is 0 Å². The lowest BCUT2D eigenvalue weighted by Crippen LogP contribution is -2.35. The molecule has 28 heavy (non-hydrogen) atoms. The lowest BCUT2D eigenvalue weighted by molar-refractivity contribution is -0.130. The van der Waals surface area contributed by atoms with Gasteiger partial charge in [0, 0.05) is 38.9 Å². The van der Waals surface area contributed by atoms with Crippen molar-refractivity contribution < 1.29 is 9.59 Å². The van der Waals surface area contributed by atoms with Crippen LogP contribution in [0.3, 0.4) is 0 Å². The molecule has 0 aromatic carbocycles. The van der Waals surface area contributed by atoms with Crippen molar-refractivity contribution in [1.29, 1.82) is 0 Å². The minimum Gasteiger partial charge on any atom is -0.346 e. The molecule has 0 saturated carbocycles. The van der Waals surface area contributed by atoms with Crippen LogP contribution in [0.25, 0.3) is 0 Å². The largest absolute Gasteiger partial charge is 0.346 e. The highest BCUT2D eigenvalue weighted by Gasteiger charge is 2.28. The number of allylic oxidation sites excluding steroid dienone is 1. The Morgan fingerprint density at radius 2 is 1.96 bits per heavy atom. The minimum atomic E-state index is -0.164. The molecular formula is C21H33N5O2. The predicted molar refractivity (Wildman–Crippen MR) is 107 cm³/mol. The quantitative estimate of drug-likeness (QED) is 0.761. The molecule has 3 rings (SSSR count). The van der Waals surface area contributed by atoms with E-state index in [2.05, 4.69) is 40.0 Å². The second kappa shape index (κ2) is 9.34. The van der Waals surface area contributed by atoms with Gasteiger partial charge in [0.2, 0.25) is 11.8 Å². The van der Waals surface area contributed by atoms with Crippen molar-refractivity contribution in [2.75, 3.05) is 13.1 Å². The van der Waals surface area contributed by atoms with Gasteiger partial charge in [-0.05, 0) is 31.6 Å². The van der Waals surface area contributed by atoms with Gasteiger partial charge in [0.1, 0.15) is 5.82 Å². The Hall–Kier alpha value is -2.18. The van der Waals surface area contributed by atoms with E-state index in [1.54, 1.807) is 0 Å². The Labute approximate surface area is 167 Å². The normalized spacial score (nSPS) is 18.3. The summed E-state index contributed by atoms with van der Waals surface area (Å²) in [6, 6.07) is -0.164. The van der Waals surface area contributed by atoms with Gasteiger partial charge in [-0.1, -0.05) is 32.4 Å². The number of amides is 2. The van der Waals surface area contributed by atoms with Crippen LogP contribution in [0, 0.1) is 5.92 Å². The molecule has 1 N–H and O–H groups in total. The van der Waals surface area contributed by atoms with E-state index in [9.17, 15) is 9.59 Å². The van der Waals surface area contributed by atoms with E-state index in [0.717, 1.165) is 24.5 Å². The number of nitrogens with zero attached hydrogens (tertiary/aromatic N) is 4. The molecule has 0 bridgehead atoms. The van der Waals surface area contributed by atoms with Crippen LogP contribution in [0.5, 0.6) is 0 Å². The highest BCUT2D eigenvalue weighted by atomic mass is 16.2. The fourth-order valence-electron chi connectivity index (χ4n) is 4.00. The molecule has 0 radical (unpaired) electrons. The second-order valence-corrected chi connectivity index (χ2v) is 8.18. The van der Waals surface area contributed by atoms with Gasteiger partial charge in [0.25, 0.3) is 0 Å². The molecule has 7 nitrogen and oxygen atoms in total. The maximum Gasteiger partial charge on any atom is 0.226 e. The molecule has 1 aliphatic heterocycles. The number of fused-ring (bicyclic) bond motifs is 1. The lowest BCUT2D eigenvalue weighted by Gasteiger charge is -2.24. The van der Waals surface area contributed by atoms with Crippen LogP contribution >= 0.6 is 0 Å². The molecule has 2 aliphatic rings. The van der Waals surface area contributed by atoms with Crippen molar-refractivity contribution in [1.82, 2.24) is 25.0 Å². The Bertz CT molecular complexity index is 737. The van der Waals surface area contributed by atoms with Crippen molar-refractivity contribution in [3.8, 4) is 0 Å². The first-order valence-electron chi connectivity index (χ1n) is 10.7. The average molecular weight is 388 g/mol. The van der Waals surface area contributed by atoms with E-state index in [1.807, 2.05) is 11.8 Å². The Kier molecular flexibility index (Phi) is 6.86. The van der Waals surface area contributed by atoms with E-state index in [-0.39, 0.29) is 23.8 Å². The van der Waals surface area contributed by atoms with Gasteiger partial charge >= 0.3 is 0 Å². The zero-order valence-corrected chi connectivity index (χ0v) is 17.4. The Balaban J connectivity index is 1.69. The lowest BCUT2D eigenvalue weighted by atomic mass is 9.97. The number of nitrogens with one attached hydrogen (secondary N) is 1. The first kappa shape index (κ1) is 20.6. The molecule has 2 heterocycles. The molecule has 1 aromatic heterocycles. The molecule has 154 valence electrons. The maximum absolute atomic E-state index is 12.8. The molecule has 1 aliphatic carbocycles. The summed E-state index contributed by atoms with van der Waals surface area (Å²) < 4.78 is 2.10. The van der Waals surface area contributed by atoms with Crippen LogP contribution in [0.2, 0.25) is 0 Å². The summed E-state index contributed by atoms with van der Waals surface area (Å²) in [5.74, 6) is 2.15. The fourth-order valence-corrected chi connectivity index (χ4v) is 4.00. The number of hydrogen-bond donors (Lipinski definition) is 1. The highest BCUT2D eigenvalue weighted by Crippen LogP contribution is 2.24. The SMILES string of the molecule is CCC(=O)N[C@H](c1nnc2n1CCN(C(=O)CC1=CCCCC1)CC2)C(C)C. The van der Waals surface area contributed by atoms with Crippen molar-refractivity contribution in [2.24, 2.45) is 5.92 Å². The van der Waals surface area contributed by atoms with Gasteiger partial charge in [0.15, 0.2) is 5.82 Å². The zero-order valence-electron chi connectivity index (χ0n) is 17.4. The summed E-state index contributed by atoms with van der Waals surface area (Å²) in [7, 11) is 0. The molecule has 2 amide bonds. The number of rotatable bonds is 6. The first-order chi connectivity index (χ1) is 13.5. The van der Waals surface area contributed by atoms with Crippen LogP contribution in [0.15, 0.2) is 11.6 Å². The first-order valence-corrected chi connectivity index (χ1v) is 10.7. The third-order valence-electron chi connectivity index (χ3n) is 5.75. The third-order valence-corrected chi connectivity index (χ3v) is 5.75. The van der Waals surface area contributed by atoms with E-state index in [0.29, 0.717) is 38.9 Å². The van der Waals surface area contributed by atoms with Gasteiger partial charge in [0.05, 0.1) is 6.04 Å². The monoisotopic (exact) mass is 387 g/mol. The van der Waals surface area contributed by atoms with Crippen molar-refractivity contribution in [2.45, 2.75) is 78.3 Å². The van der Waals surface area contributed by atoms with Crippen LogP contribution in [-0.2, 0) is 22.6 Å². The topological polar surface area (TPSA) is 80.1 Å². The third kappa shape index (κ3) is 4.80. The van der Waals surface area contributed by atoms with Gasteiger partial charge < -0.3 is 14.8 Å². The number of carbonyl (C=O) groups is 2. The zero-order chi connectivity index (χ0) is 20.1. The molecule has 1 atom stereocenters. The summed E-state index contributed by atoms with van der Waals surface area (Å²) in [4.78, 5) is 26.7. The fraction of sp³-hybridized carbons (Fsp3) is 0.714. The Morgan fingerprint density at radius 3 is 2.64 bits per heavy atom. The molecule has 0 unspecified atom stereocenters. The highest BCUT2D eigenvalue weighted by molar-refractivity contribution is 5.78. The van der Waals surface area contributed by atoms with Crippen LogP contribution in [0.1, 0.15) is 77.0 Å². The maximum atomic E-state index is 12.8. The van der Waals surface area contributed by atoms with E-state index < -0.39 is 0 Å². The van der Waals surface area contributed by atoms with Crippen molar-refractivity contribution in [3.05, 3.63) is 23.3 Å². The van der Waals surface area contributed by atoms with Gasteiger partial charge in [-0.25, -0.2) is 0 Å². The average Bonchev–Trinajstić information content (AvgIpc) is 2.96. The van der Waals surface area contributed by atoms with Gasteiger partial charge in [-0.15, -0.1) is 10.2 Å². The molecule has 7 heteroatoms. The number of aromatic nitrogens is 3. The molecule has 0 spiro atoms. The summed E-state index contributed by atoms with van der Waals surface area (Å²) in [5.41, 5.74) is 1.29. The van der Waals surface area contributed by atoms with Crippen LogP contribution in [-0.4, -0.2) is 44.6 Å². The summed E-state index contributed by atoms with van der Waals surface area (Å²) >= 11 is 0. The summed E-state index contributed by atoms with van der Waals surface area (Å²) in [6.07, 6.45) is 8.54. The van der Waals surface area contributed by atoms with Crippen LogP contribution < -0.4 is 5.32 Å². The smallest absolute Gasteiger partial charge is 0.226 e. The molecule has 0 saturated heterocycles. The van der Waals surface area contributed by atoms with E-state index in [1.165, 1.54) is 18.4 Å². The minimum absolute atomic E-state index is 0.0160. The molecule has 1 aromatic rings. The molecular weight excluding hydrogens is 354 g/mol. The summed E-state index contributed by atoms with van der Waals surface area (Å²) in [6.45, 7) is 8.02. The van der Waals surface area contributed by atoms with E-state index in [4.69, 9.17) is 0 Å². The standard InChI is InChI=1S/C21H33N5O2/c1-4-18(27)22-20(15(2)3)21-24-23-17-10-11-25(12-13-26(17)21)19(28)14-16-8-6-5-7-9-16/h8,15,20H,4-7,9-14H2,1-3H3,(H,22,27)/t20-/m0/s1. The molecule has 0 fully saturated rings. The Morgan fingerprint density at radius 1 is 1.14 bits per heavy atom. The van der Waals surface area contributed by atoms with Crippen molar-refractivity contribution in [3.63, 3.8) is 0 Å². The number of hydrogen-bond acceptors (Lipinski definition) is 4. The van der Waals surface area contributed by atoms with Crippen LogP contribution in [0.4, 0.5) is 0 Å². The van der Waals surface area contributed by atoms with Crippen molar-refractivity contribution >= 4 is 11.8 Å². The second-order valence-electron chi connectivity index (χ2n) is 8.18. The summed E-state index contributed by atoms with van der Waals surface area (Å²) in [5, 5.41) is 11.8. The van der Waals surface area contributed by atoms with Gasteiger partial charge in [-0.3, -0.25) is 9.59 Å². The number of carbonyl (C=O) groups excluding carboxylic acids is 2.